The van der Waals surface area contributed by atoms with Gasteiger partial charge in [-0.2, -0.15) is 0 Å². The van der Waals surface area contributed by atoms with E-state index in [9.17, 15) is 4.79 Å². The molecule has 0 aromatic heterocycles. The lowest BCUT2D eigenvalue weighted by Crippen LogP contribution is -2.29. The number of halogens is 1. The van der Waals surface area contributed by atoms with E-state index in [2.05, 4.69) is 16.7 Å². The van der Waals surface area contributed by atoms with Crippen LogP contribution in [-0.4, -0.2) is 18.2 Å². The minimum atomic E-state index is -0.541. The first-order valence-corrected chi connectivity index (χ1v) is 8.83. The van der Waals surface area contributed by atoms with Gasteiger partial charge in [0.1, 0.15) is 5.60 Å². The number of rotatable bonds is 2. The van der Waals surface area contributed by atoms with Gasteiger partial charge in [0.2, 0.25) is 0 Å². The summed E-state index contributed by atoms with van der Waals surface area (Å²) in [7, 11) is 0. The first-order chi connectivity index (χ1) is 11.8. The van der Waals surface area contributed by atoms with Gasteiger partial charge in [-0.3, -0.25) is 5.32 Å². The average Bonchev–Trinajstić information content (AvgIpc) is 2.54. The zero-order valence-electron chi connectivity index (χ0n) is 14.8. The van der Waals surface area contributed by atoms with E-state index in [0.717, 1.165) is 41.9 Å². The molecule has 5 heteroatoms. The first-order valence-electron chi connectivity index (χ1n) is 8.45. The summed E-state index contributed by atoms with van der Waals surface area (Å²) < 4.78 is 5.46. The molecule has 4 nitrogen and oxygen atoms in total. The summed E-state index contributed by atoms with van der Waals surface area (Å²) in [4.78, 5) is 12.4. The second-order valence-corrected chi connectivity index (χ2v) is 7.62. The van der Waals surface area contributed by atoms with Crippen molar-refractivity contribution in [1.29, 1.82) is 0 Å². The molecule has 2 N–H and O–H groups in total. The van der Waals surface area contributed by atoms with Gasteiger partial charge in [-0.05, 0) is 62.6 Å². The molecule has 0 atom stereocenters. The van der Waals surface area contributed by atoms with E-state index in [1.807, 2.05) is 51.1 Å². The predicted octanol–water partition coefficient (Wildman–Crippen LogP) is 5.00. The summed E-state index contributed by atoms with van der Waals surface area (Å²) in [5.74, 6) is 0. The number of hydrogen-bond donors (Lipinski definition) is 2. The van der Waals surface area contributed by atoms with Gasteiger partial charge in [0, 0.05) is 17.1 Å². The SMILES string of the molecule is CC(C)(C)OC(=O)Nc1c(-c2ccc(Cl)cc2)ccc2c1CCNC2. The summed E-state index contributed by atoms with van der Waals surface area (Å²) in [6, 6.07) is 11.8. The van der Waals surface area contributed by atoms with Crippen molar-refractivity contribution in [2.45, 2.75) is 39.3 Å². The summed E-state index contributed by atoms with van der Waals surface area (Å²) in [5.41, 5.74) is 4.64. The molecule has 1 heterocycles. The van der Waals surface area contributed by atoms with Crippen LogP contribution >= 0.6 is 11.6 Å². The van der Waals surface area contributed by atoms with E-state index in [1.165, 1.54) is 5.56 Å². The van der Waals surface area contributed by atoms with Crippen LogP contribution in [0.1, 0.15) is 31.9 Å². The summed E-state index contributed by atoms with van der Waals surface area (Å²) >= 11 is 6.01. The Morgan fingerprint density at radius 2 is 1.88 bits per heavy atom. The third kappa shape index (κ3) is 4.33. The van der Waals surface area contributed by atoms with Gasteiger partial charge in [0.15, 0.2) is 0 Å². The highest BCUT2D eigenvalue weighted by molar-refractivity contribution is 6.30. The fourth-order valence-electron chi connectivity index (χ4n) is 3.00. The van der Waals surface area contributed by atoms with E-state index < -0.39 is 11.7 Å². The van der Waals surface area contributed by atoms with Crippen molar-refractivity contribution >= 4 is 23.4 Å². The normalized spacial score (nSPS) is 13.9. The molecule has 2 aromatic rings. The predicted molar refractivity (Wildman–Crippen MR) is 102 cm³/mol. The smallest absolute Gasteiger partial charge is 0.412 e. The molecule has 1 amide bonds. The molecule has 0 saturated carbocycles. The van der Waals surface area contributed by atoms with Crippen LogP contribution in [0.5, 0.6) is 0 Å². The standard InChI is InChI=1S/C20H23ClN2O2/c1-20(2,3)25-19(24)23-18-16(13-4-7-15(21)8-5-13)9-6-14-12-22-11-10-17(14)18/h4-9,22H,10-12H2,1-3H3,(H,23,24). The Morgan fingerprint density at radius 3 is 2.56 bits per heavy atom. The quantitative estimate of drug-likeness (QED) is 0.794. The molecular weight excluding hydrogens is 336 g/mol. The second kappa shape index (κ2) is 7.06. The van der Waals surface area contributed by atoms with E-state index in [0.29, 0.717) is 5.02 Å². The lowest BCUT2D eigenvalue weighted by Gasteiger charge is -2.25. The Morgan fingerprint density at radius 1 is 1.16 bits per heavy atom. The maximum Gasteiger partial charge on any atom is 0.412 e. The van der Waals surface area contributed by atoms with Crippen LogP contribution in [0, 0.1) is 0 Å². The molecule has 3 rings (SSSR count). The number of amides is 1. The zero-order valence-corrected chi connectivity index (χ0v) is 15.5. The molecule has 1 aliphatic heterocycles. The molecule has 0 aliphatic carbocycles. The van der Waals surface area contributed by atoms with Crippen molar-refractivity contribution in [3.8, 4) is 11.1 Å². The molecule has 0 spiro atoms. The van der Waals surface area contributed by atoms with Gasteiger partial charge < -0.3 is 10.1 Å². The van der Waals surface area contributed by atoms with Crippen LogP contribution in [0.3, 0.4) is 0 Å². The molecule has 0 radical (unpaired) electrons. The van der Waals surface area contributed by atoms with E-state index >= 15 is 0 Å². The van der Waals surface area contributed by atoms with Gasteiger partial charge in [0.05, 0.1) is 5.69 Å². The fraction of sp³-hybridized carbons (Fsp3) is 0.350. The fourth-order valence-corrected chi connectivity index (χ4v) is 3.12. The van der Waals surface area contributed by atoms with E-state index in [1.54, 1.807) is 0 Å². The summed E-state index contributed by atoms with van der Waals surface area (Å²) in [5, 5.41) is 7.04. The third-order valence-electron chi connectivity index (χ3n) is 4.06. The highest BCUT2D eigenvalue weighted by Crippen LogP contribution is 2.35. The Hall–Kier alpha value is -2.04. The van der Waals surface area contributed by atoms with Gasteiger partial charge >= 0.3 is 6.09 Å². The minimum absolute atomic E-state index is 0.436. The average molecular weight is 359 g/mol. The monoisotopic (exact) mass is 358 g/mol. The third-order valence-corrected chi connectivity index (χ3v) is 4.31. The van der Waals surface area contributed by atoms with Crippen molar-refractivity contribution in [3.63, 3.8) is 0 Å². The number of nitrogens with one attached hydrogen (secondary N) is 2. The Kier molecular flexibility index (Phi) is 5.02. The summed E-state index contributed by atoms with van der Waals surface area (Å²) in [6.07, 6.45) is 0.427. The number of carbonyl (C=O) groups excluding carboxylic acids is 1. The number of fused-ring (bicyclic) bond motifs is 1. The van der Waals surface area contributed by atoms with Crippen LogP contribution in [-0.2, 0) is 17.7 Å². The van der Waals surface area contributed by atoms with Crippen LogP contribution in [0.4, 0.5) is 10.5 Å². The number of carbonyl (C=O) groups is 1. The Labute approximate surface area is 153 Å². The molecule has 0 saturated heterocycles. The molecular formula is C20H23ClN2O2. The Bertz CT molecular complexity index is 780. The second-order valence-electron chi connectivity index (χ2n) is 7.19. The molecule has 25 heavy (non-hydrogen) atoms. The number of anilines is 1. The van der Waals surface area contributed by atoms with Crippen molar-refractivity contribution in [2.75, 3.05) is 11.9 Å². The molecule has 0 bridgehead atoms. The topological polar surface area (TPSA) is 50.4 Å². The van der Waals surface area contributed by atoms with Gasteiger partial charge in [-0.25, -0.2) is 4.79 Å². The molecule has 2 aromatic carbocycles. The van der Waals surface area contributed by atoms with E-state index in [-0.39, 0.29) is 0 Å². The van der Waals surface area contributed by atoms with Gasteiger partial charge in [-0.15, -0.1) is 0 Å². The molecule has 132 valence electrons. The van der Waals surface area contributed by atoms with Crippen molar-refractivity contribution < 1.29 is 9.53 Å². The number of hydrogen-bond acceptors (Lipinski definition) is 3. The van der Waals surface area contributed by atoms with Crippen molar-refractivity contribution in [2.24, 2.45) is 0 Å². The highest BCUT2D eigenvalue weighted by Gasteiger charge is 2.22. The van der Waals surface area contributed by atoms with Crippen LogP contribution in [0.25, 0.3) is 11.1 Å². The number of ether oxygens (including phenoxy) is 1. The van der Waals surface area contributed by atoms with Gasteiger partial charge in [0.25, 0.3) is 0 Å². The first kappa shape index (κ1) is 17.8. The van der Waals surface area contributed by atoms with Crippen molar-refractivity contribution in [3.05, 3.63) is 52.5 Å². The Balaban J connectivity index is 2.03. The lowest BCUT2D eigenvalue weighted by atomic mass is 9.92. The lowest BCUT2D eigenvalue weighted by molar-refractivity contribution is 0.0636. The van der Waals surface area contributed by atoms with Crippen molar-refractivity contribution in [1.82, 2.24) is 5.32 Å². The van der Waals surface area contributed by atoms with Crippen LogP contribution in [0.15, 0.2) is 36.4 Å². The maximum atomic E-state index is 12.4. The zero-order chi connectivity index (χ0) is 18.0. The molecule has 0 unspecified atom stereocenters. The van der Waals surface area contributed by atoms with E-state index in [4.69, 9.17) is 16.3 Å². The van der Waals surface area contributed by atoms with Gasteiger partial charge in [-0.1, -0.05) is 35.9 Å². The minimum Gasteiger partial charge on any atom is -0.444 e. The molecule has 0 fully saturated rings. The van der Waals surface area contributed by atoms with Crippen LogP contribution < -0.4 is 10.6 Å². The summed E-state index contributed by atoms with van der Waals surface area (Å²) in [6.45, 7) is 7.27. The van der Waals surface area contributed by atoms with Crippen LogP contribution in [0.2, 0.25) is 5.02 Å². The maximum absolute atomic E-state index is 12.4. The largest absolute Gasteiger partial charge is 0.444 e. The number of benzene rings is 2. The highest BCUT2D eigenvalue weighted by atomic mass is 35.5. The molecule has 1 aliphatic rings.